The van der Waals surface area contributed by atoms with Crippen LogP contribution in [0, 0.1) is 0 Å². The lowest BCUT2D eigenvalue weighted by atomic mass is 10.1. The van der Waals surface area contributed by atoms with E-state index in [0.717, 1.165) is 12.2 Å². The third-order valence-electron chi connectivity index (χ3n) is 4.03. The molecule has 0 aliphatic heterocycles. The average molecular weight is 549 g/mol. The Bertz CT molecular complexity index is 936. The van der Waals surface area contributed by atoms with Crippen LogP contribution >= 0.6 is 24.0 Å². The molecule has 0 aliphatic carbocycles. The van der Waals surface area contributed by atoms with Gasteiger partial charge in [-0.15, -0.1) is 34.2 Å². The molecule has 1 aromatic heterocycles. The lowest BCUT2D eigenvalue weighted by Crippen LogP contribution is -2.41. The van der Waals surface area contributed by atoms with Crippen molar-refractivity contribution in [1.82, 2.24) is 30.1 Å². The normalized spacial score (nSPS) is 12.4. The maximum absolute atomic E-state index is 12.7. The van der Waals surface area contributed by atoms with Gasteiger partial charge in [0.05, 0.1) is 4.90 Å². The van der Waals surface area contributed by atoms with Gasteiger partial charge in [0, 0.05) is 38.6 Å². The van der Waals surface area contributed by atoms with Gasteiger partial charge in [-0.05, 0) is 32.4 Å². The van der Waals surface area contributed by atoms with E-state index in [1.807, 2.05) is 38.3 Å². The van der Waals surface area contributed by atoms with Gasteiger partial charge in [0.2, 0.25) is 10.0 Å². The molecule has 0 fully saturated rings. The highest BCUT2D eigenvalue weighted by molar-refractivity contribution is 14.0. The molecule has 1 heterocycles. The van der Waals surface area contributed by atoms with E-state index in [4.69, 9.17) is 0 Å². The topological polar surface area (TPSA) is 113 Å². The summed E-state index contributed by atoms with van der Waals surface area (Å²) >= 11 is 0. The first kappa shape index (κ1) is 26.3. The van der Waals surface area contributed by atoms with Crippen molar-refractivity contribution in [3.8, 4) is 0 Å². The molecule has 30 heavy (non-hydrogen) atoms. The summed E-state index contributed by atoms with van der Waals surface area (Å²) in [5.74, 6) is 1.52. The summed E-state index contributed by atoms with van der Waals surface area (Å²) in [6, 6.07) is 6.95. The maximum atomic E-state index is 12.7. The van der Waals surface area contributed by atoms with Crippen LogP contribution in [0.15, 0.2) is 40.5 Å². The van der Waals surface area contributed by atoms with Crippen LogP contribution in [0.4, 0.5) is 0 Å². The molecule has 1 aromatic carbocycles. The number of sulfonamides is 1. The van der Waals surface area contributed by atoms with Crippen LogP contribution in [-0.4, -0.2) is 48.3 Å². The van der Waals surface area contributed by atoms with Crippen LogP contribution in [0.25, 0.3) is 0 Å². The van der Waals surface area contributed by atoms with Crippen LogP contribution < -0.4 is 15.4 Å². The fraction of sp³-hybridized carbons (Fsp3) is 0.526. The van der Waals surface area contributed by atoms with Gasteiger partial charge in [-0.1, -0.05) is 25.1 Å². The van der Waals surface area contributed by atoms with Crippen LogP contribution in [0.3, 0.4) is 0 Å². The van der Waals surface area contributed by atoms with Gasteiger partial charge in [-0.3, -0.25) is 4.99 Å². The molecule has 168 valence electrons. The Hall–Kier alpha value is -1.73. The minimum absolute atomic E-state index is 0. The Kier molecular flexibility index (Phi) is 10.2. The Labute approximate surface area is 196 Å². The lowest BCUT2D eigenvalue weighted by molar-refractivity contribution is 0.491. The van der Waals surface area contributed by atoms with E-state index in [-0.39, 0.29) is 28.9 Å². The van der Waals surface area contributed by atoms with Gasteiger partial charge in [0.1, 0.15) is 12.2 Å². The molecule has 0 unspecified atom stereocenters. The lowest BCUT2D eigenvalue weighted by Gasteiger charge is -2.22. The molecule has 0 saturated heterocycles. The largest absolute Gasteiger partial charge is 0.355 e. The summed E-state index contributed by atoms with van der Waals surface area (Å²) in [4.78, 5) is 4.46. The highest BCUT2D eigenvalue weighted by atomic mass is 127. The summed E-state index contributed by atoms with van der Waals surface area (Å²) < 4.78 is 30.2. The fourth-order valence-corrected chi connectivity index (χ4v) is 4.46. The average Bonchev–Trinajstić information content (AvgIpc) is 3.10. The van der Waals surface area contributed by atoms with Crippen LogP contribution in [-0.2, 0) is 29.5 Å². The SMILES string of the molecule is CCc1nncn1CCNC(=NC)NCc1ccccc1S(=O)(=O)NC(C)(C)C.I. The van der Waals surface area contributed by atoms with Gasteiger partial charge in [-0.2, -0.15) is 0 Å². The smallest absolute Gasteiger partial charge is 0.241 e. The Morgan fingerprint density at radius 2 is 1.90 bits per heavy atom. The Morgan fingerprint density at radius 1 is 1.20 bits per heavy atom. The number of aryl methyl sites for hydroxylation is 1. The van der Waals surface area contributed by atoms with E-state index in [1.54, 1.807) is 31.6 Å². The molecule has 0 radical (unpaired) electrons. The van der Waals surface area contributed by atoms with Gasteiger partial charge < -0.3 is 15.2 Å². The Morgan fingerprint density at radius 3 is 2.53 bits per heavy atom. The van der Waals surface area contributed by atoms with Crippen LogP contribution in [0.5, 0.6) is 0 Å². The molecule has 0 saturated carbocycles. The molecule has 3 N–H and O–H groups in total. The summed E-state index contributed by atoms with van der Waals surface area (Å²) in [6.07, 6.45) is 2.53. The van der Waals surface area contributed by atoms with Crippen molar-refractivity contribution in [2.75, 3.05) is 13.6 Å². The standard InChI is InChI=1S/C19H31N7O2S.HI/c1-6-17-24-23-14-26(17)12-11-21-18(20-5)22-13-15-9-7-8-10-16(15)29(27,28)25-19(2,3)4;/h7-10,14,25H,6,11-13H2,1-5H3,(H2,20,21,22);1H. The molecule has 2 aromatic rings. The zero-order valence-corrected chi connectivity index (χ0v) is 21.3. The summed E-state index contributed by atoms with van der Waals surface area (Å²) in [7, 11) is -1.95. The molecule has 9 nitrogen and oxygen atoms in total. The molecule has 0 amide bonds. The van der Waals surface area contributed by atoms with Crippen molar-refractivity contribution in [1.29, 1.82) is 0 Å². The molecule has 2 rings (SSSR count). The monoisotopic (exact) mass is 549 g/mol. The van der Waals surface area contributed by atoms with E-state index >= 15 is 0 Å². The van der Waals surface area contributed by atoms with Crippen molar-refractivity contribution in [3.05, 3.63) is 42.0 Å². The summed E-state index contributed by atoms with van der Waals surface area (Å²) in [5.41, 5.74) is 0.107. The van der Waals surface area contributed by atoms with Crippen molar-refractivity contribution < 1.29 is 8.42 Å². The number of benzene rings is 1. The second-order valence-corrected chi connectivity index (χ2v) is 9.26. The zero-order valence-electron chi connectivity index (χ0n) is 18.1. The summed E-state index contributed by atoms with van der Waals surface area (Å²) in [6.45, 7) is 9.15. The molecule has 0 bridgehead atoms. The quantitative estimate of drug-likeness (QED) is 0.264. The highest BCUT2D eigenvalue weighted by Crippen LogP contribution is 2.17. The molecule has 11 heteroatoms. The van der Waals surface area contributed by atoms with E-state index < -0.39 is 15.6 Å². The van der Waals surface area contributed by atoms with E-state index in [9.17, 15) is 8.42 Å². The van der Waals surface area contributed by atoms with Crippen LogP contribution in [0.2, 0.25) is 0 Å². The van der Waals surface area contributed by atoms with E-state index in [2.05, 4.69) is 30.5 Å². The molecule has 0 aliphatic rings. The number of nitrogens with one attached hydrogen (secondary N) is 3. The van der Waals surface area contributed by atoms with E-state index in [1.165, 1.54) is 0 Å². The van der Waals surface area contributed by atoms with Gasteiger partial charge in [0.25, 0.3) is 0 Å². The second-order valence-electron chi connectivity index (χ2n) is 7.61. The van der Waals surface area contributed by atoms with Crippen molar-refractivity contribution >= 4 is 40.0 Å². The molecular weight excluding hydrogens is 517 g/mol. The first-order valence-electron chi connectivity index (χ1n) is 9.59. The third kappa shape index (κ3) is 7.84. The predicted octanol–water partition coefficient (Wildman–Crippen LogP) is 1.90. The first-order chi connectivity index (χ1) is 13.7. The number of hydrogen-bond acceptors (Lipinski definition) is 5. The van der Waals surface area contributed by atoms with E-state index in [0.29, 0.717) is 31.2 Å². The fourth-order valence-electron chi connectivity index (χ4n) is 2.80. The number of aromatic nitrogens is 3. The maximum Gasteiger partial charge on any atom is 0.241 e. The minimum Gasteiger partial charge on any atom is -0.355 e. The van der Waals surface area contributed by atoms with Gasteiger partial charge in [-0.25, -0.2) is 13.1 Å². The zero-order chi connectivity index (χ0) is 21.5. The van der Waals surface area contributed by atoms with Gasteiger partial charge in [0.15, 0.2) is 5.96 Å². The van der Waals surface area contributed by atoms with Crippen molar-refractivity contribution in [3.63, 3.8) is 0 Å². The third-order valence-corrected chi connectivity index (χ3v) is 5.89. The van der Waals surface area contributed by atoms with Crippen molar-refractivity contribution in [2.24, 2.45) is 4.99 Å². The Balaban J connectivity index is 0.00000450. The molecule has 0 atom stereocenters. The minimum atomic E-state index is -3.63. The number of halogens is 1. The predicted molar refractivity (Wildman–Crippen MR) is 130 cm³/mol. The molecular formula is C19H32IN7O2S. The number of hydrogen-bond donors (Lipinski definition) is 3. The number of aliphatic imine (C=N–C) groups is 1. The highest BCUT2D eigenvalue weighted by Gasteiger charge is 2.24. The summed E-state index contributed by atoms with van der Waals surface area (Å²) in [5, 5.41) is 14.4. The second kappa shape index (κ2) is 11.6. The number of nitrogens with zero attached hydrogens (tertiary/aromatic N) is 4. The number of guanidine groups is 1. The first-order valence-corrected chi connectivity index (χ1v) is 11.1. The van der Waals surface area contributed by atoms with Gasteiger partial charge >= 0.3 is 0 Å². The van der Waals surface area contributed by atoms with Crippen LogP contribution in [0.1, 0.15) is 39.1 Å². The van der Waals surface area contributed by atoms with Crippen molar-refractivity contribution in [2.45, 2.75) is 57.6 Å². The molecule has 0 spiro atoms. The number of rotatable bonds is 8.